The average molecular weight is 190 g/mol. The Kier molecular flexibility index (Phi) is 2.76. The number of benzene rings is 1. The van der Waals surface area contributed by atoms with Crippen LogP contribution in [0.4, 0.5) is 5.69 Å². The molecule has 70 valence electrons. The molecule has 1 rings (SSSR count). The number of nitriles is 1. The topological polar surface area (TPSA) is 105 Å². The van der Waals surface area contributed by atoms with Gasteiger partial charge in [0.15, 0.2) is 0 Å². The van der Waals surface area contributed by atoms with E-state index >= 15 is 0 Å². The zero-order chi connectivity index (χ0) is 10.6. The third-order valence-electron chi connectivity index (χ3n) is 1.51. The minimum absolute atomic E-state index is 0.0292. The van der Waals surface area contributed by atoms with Gasteiger partial charge in [0, 0.05) is 6.07 Å². The lowest BCUT2D eigenvalue weighted by Gasteiger charge is -2.00. The molecule has 0 unspecified atom stereocenters. The highest BCUT2D eigenvalue weighted by Gasteiger charge is 2.14. The quantitative estimate of drug-likeness (QED) is 0.323. The molecule has 6 nitrogen and oxygen atoms in total. The zero-order valence-electron chi connectivity index (χ0n) is 7.04. The second-order valence-corrected chi connectivity index (χ2v) is 2.35. The first-order valence-electron chi connectivity index (χ1n) is 3.62. The number of primary amides is 1. The zero-order valence-corrected chi connectivity index (χ0v) is 7.04. The van der Waals surface area contributed by atoms with E-state index in [2.05, 4.69) is 5.11 Å². The predicted molar refractivity (Wildman–Crippen MR) is 46.3 cm³/mol. The molecule has 0 radical (unpaired) electrons. The van der Waals surface area contributed by atoms with Crippen molar-refractivity contribution in [1.82, 2.24) is 0 Å². The average Bonchev–Trinajstić information content (AvgIpc) is 2.18. The van der Waals surface area contributed by atoms with Gasteiger partial charge in [-0.3, -0.25) is 4.79 Å². The second-order valence-electron chi connectivity index (χ2n) is 2.35. The summed E-state index contributed by atoms with van der Waals surface area (Å²) in [4.78, 5) is 10.9. The van der Waals surface area contributed by atoms with E-state index in [-0.39, 0.29) is 16.1 Å². The first kappa shape index (κ1) is 9.67. The highest BCUT2D eigenvalue weighted by atomic mass is 16.5. The number of nitrogens with two attached hydrogens (primary N) is 1. The Morgan fingerprint density at radius 2 is 2.21 bits per heavy atom. The van der Waals surface area contributed by atoms with E-state index < -0.39 is 5.91 Å². The molecule has 0 aliphatic carbocycles. The van der Waals surface area contributed by atoms with Crippen LogP contribution in [0.25, 0.3) is 0 Å². The van der Waals surface area contributed by atoms with Crippen molar-refractivity contribution in [1.29, 1.82) is 5.26 Å². The van der Waals surface area contributed by atoms with Gasteiger partial charge in [0.1, 0.15) is 5.56 Å². The predicted octanol–water partition coefficient (Wildman–Crippen LogP) is 0.861. The maximum atomic E-state index is 11.1. The third kappa shape index (κ3) is 1.84. The lowest BCUT2D eigenvalue weighted by atomic mass is 10.2. The monoisotopic (exact) mass is 190 g/mol. The van der Waals surface area contributed by atoms with Crippen LogP contribution < -0.4 is 5.73 Å². The summed E-state index contributed by atoms with van der Waals surface area (Å²) in [5, 5.41) is 22.2. The number of amides is 1. The number of nitrogens with zero attached hydrogens (tertiary/aromatic N) is 3. The maximum Gasteiger partial charge on any atom is 0.274 e. The maximum absolute atomic E-state index is 11.1. The third-order valence-corrected chi connectivity index (χ3v) is 1.51. The minimum atomic E-state index is -0.741. The van der Waals surface area contributed by atoms with Crippen molar-refractivity contribution < 1.29 is 9.66 Å². The van der Waals surface area contributed by atoms with E-state index in [0.29, 0.717) is 0 Å². The number of carbonyl (C=O) groups is 1. The van der Waals surface area contributed by atoms with Gasteiger partial charge in [-0.05, 0) is 10.9 Å². The van der Waals surface area contributed by atoms with Crippen LogP contribution in [0, 0.1) is 16.7 Å². The Morgan fingerprint density at radius 3 is 2.79 bits per heavy atom. The van der Waals surface area contributed by atoms with Crippen LogP contribution in [0.2, 0.25) is 0 Å². The molecule has 0 aliphatic rings. The standard InChI is InChI=1S/C8H6N4O2/c9-5-11-12(14)7-4-2-1-3-6(7)8(10)13/h1-4H,(H2,10,13). The summed E-state index contributed by atoms with van der Waals surface area (Å²) in [5.41, 5.74) is 5.01. The van der Waals surface area contributed by atoms with Gasteiger partial charge in [-0.2, -0.15) is 5.26 Å². The summed E-state index contributed by atoms with van der Waals surface area (Å²) in [6.07, 6.45) is 1.32. The van der Waals surface area contributed by atoms with Crippen molar-refractivity contribution in [2.75, 3.05) is 0 Å². The molecular weight excluding hydrogens is 184 g/mol. The lowest BCUT2D eigenvalue weighted by Crippen LogP contribution is -2.13. The Balaban J connectivity index is 3.28. The van der Waals surface area contributed by atoms with E-state index in [1.807, 2.05) is 0 Å². The van der Waals surface area contributed by atoms with E-state index in [9.17, 15) is 10.0 Å². The van der Waals surface area contributed by atoms with Crippen molar-refractivity contribution >= 4 is 11.6 Å². The number of hydrogen-bond donors (Lipinski definition) is 1. The molecule has 1 aromatic rings. The van der Waals surface area contributed by atoms with Gasteiger partial charge >= 0.3 is 0 Å². The molecule has 0 atom stereocenters. The van der Waals surface area contributed by atoms with E-state index in [4.69, 9.17) is 11.0 Å². The van der Waals surface area contributed by atoms with Crippen LogP contribution in [0.15, 0.2) is 29.4 Å². The number of para-hydroxylation sites is 1. The normalized spacial score (nSPS) is 10.6. The molecule has 6 heteroatoms. The number of carbonyl (C=O) groups excluding carboxylic acids is 1. The fourth-order valence-electron chi connectivity index (χ4n) is 0.943. The smallest absolute Gasteiger partial charge is 0.274 e. The number of azo groups is 1. The van der Waals surface area contributed by atoms with Crippen molar-refractivity contribution in [3.05, 3.63) is 35.0 Å². The van der Waals surface area contributed by atoms with Gasteiger partial charge in [0.25, 0.3) is 17.8 Å². The Bertz CT molecular complexity index is 433. The van der Waals surface area contributed by atoms with E-state index in [1.165, 1.54) is 18.3 Å². The molecule has 0 spiro atoms. The van der Waals surface area contributed by atoms with Crippen molar-refractivity contribution in [3.63, 3.8) is 0 Å². The summed E-state index contributed by atoms with van der Waals surface area (Å²) >= 11 is 0. The SMILES string of the molecule is N#CN=[N+]([O-])c1ccccc1C(N)=O. The summed E-state index contributed by atoms with van der Waals surface area (Å²) < 4.78 is 0. The van der Waals surface area contributed by atoms with Crippen LogP contribution in [-0.4, -0.2) is 10.8 Å². The van der Waals surface area contributed by atoms with Gasteiger partial charge in [-0.15, -0.1) is 0 Å². The number of rotatable bonds is 2. The van der Waals surface area contributed by atoms with Gasteiger partial charge in [-0.25, -0.2) is 0 Å². The first-order valence-corrected chi connectivity index (χ1v) is 3.62. The van der Waals surface area contributed by atoms with Gasteiger partial charge in [-0.1, -0.05) is 12.1 Å². The van der Waals surface area contributed by atoms with E-state index in [0.717, 1.165) is 0 Å². The Morgan fingerprint density at radius 1 is 1.57 bits per heavy atom. The van der Waals surface area contributed by atoms with Crippen LogP contribution >= 0.6 is 0 Å². The van der Waals surface area contributed by atoms with Gasteiger partial charge in [0.2, 0.25) is 0 Å². The lowest BCUT2D eigenvalue weighted by molar-refractivity contribution is -0.435. The molecule has 0 saturated carbocycles. The summed E-state index contributed by atoms with van der Waals surface area (Å²) in [5.74, 6) is -0.741. The molecule has 14 heavy (non-hydrogen) atoms. The molecule has 0 aliphatic heterocycles. The van der Waals surface area contributed by atoms with Crippen LogP contribution in [-0.2, 0) is 0 Å². The van der Waals surface area contributed by atoms with Crippen molar-refractivity contribution in [2.24, 2.45) is 10.8 Å². The highest BCUT2D eigenvalue weighted by molar-refractivity contribution is 5.96. The summed E-state index contributed by atoms with van der Waals surface area (Å²) in [6, 6.07) is 5.84. The van der Waals surface area contributed by atoms with Crippen LogP contribution in [0.1, 0.15) is 10.4 Å². The van der Waals surface area contributed by atoms with Crippen LogP contribution in [0.5, 0.6) is 0 Å². The number of hydrogen-bond acceptors (Lipinski definition) is 4. The Labute approximate surface area is 79.5 Å². The van der Waals surface area contributed by atoms with Crippen molar-refractivity contribution in [2.45, 2.75) is 0 Å². The fourth-order valence-corrected chi connectivity index (χ4v) is 0.943. The summed E-state index contributed by atoms with van der Waals surface area (Å²) in [6.45, 7) is 0. The molecule has 0 bridgehead atoms. The first-order chi connectivity index (χ1) is 6.66. The molecular formula is C8H6N4O2. The highest BCUT2D eigenvalue weighted by Crippen LogP contribution is 2.17. The molecule has 0 aromatic heterocycles. The molecule has 0 fully saturated rings. The van der Waals surface area contributed by atoms with Crippen LogP contribution in [0.3, 0.4) is 0 Å². The summed E-state index contributed by atoms with van der Waals surface area (Å²) in [7, 11) is 0. The molecule has 2 N–H and O–H groups in total. The van der Waals surface area contributed by atoms with Gasteiger partial charge in [0.05, 0.1) is 5.11 Å². The van der Waals surface area contributed by atoms with Gasteiger partial charge < -0.3 is 10.9 Å². The molecule has 0 saturated heterocycles. The fraction of sp³-hybridized carbons (Fsp3) is 0. The Hall–Kier alpha value is -2.42. The molecule has 0 heterocycles. The molecule has 1 amide bonds. The molecule has 1 aromatic carbocycles. The largest absolute Gasteiger partial charge is 0.593 e. The second kappa shape index (κ2) is 4.00. The minimum Gasteiger partial charge on any atom is -0.593 e. The van der Waals surface area contributed by atoms with E-state index in [1.54, 1.807) is 12.1 Å². The van der Waals surface area contributed by atoms with Crippen molar-refractivity contribution in [3.8, 4) is 6.19 Å².